The molecule has 10 heteroatoms. The molecule has 0 N–H and O–H groups in total. The molecule has 0 aliphatic heterocycles. The molecule has 0 aliphatic rings. The zero-order chi connectivity index (χ0) is 23.2. The van der Waals surface area contributed by atoms with Crippen LogP contribution >= 0.6 is 0 Å². The normalized spacial score (nSPS) is 11.4. The zero-order valence-electron chi connectivity index (χ0n) is 18.8. The van der Waals surface area contributed by atoms with Crippen LogP contribution in [0.15, 0.2) is 49.2 Å². The van der Waals surface area contributed by atoms with Crippen molar-refractivity contribution in [2.75, 3.05) is 20.3 Å². The van der Waals surface area contributed by atoms with E-state index in [1.807, 2.05) is 49.0 Å². The summed E-state index contributed by atoms with van der Waals surface area (Å²) in [5, 5.41) is 12.7. The summed E-state index contributed by atoms with van der Waals surface area (Å²) in [5.74, 6) is 1.31. The molecule has 0 atom stereocenters. The number of hydrogen-bond acceptors (Lipinski definition) is 7. The lowest BCUT2D eigenvalue weighted by Crippen LogP contribution is -2.16. The zero-order valence-corrected chi connectivity index (χ0v) is 18.8. The molecule has 0 saturated carbocycles. The number of hydrogen-bond donors (Lipinski definition) is 0. The lowest BCUT2D eigenvalue weighted by molar-refractivity contribution is -0.116. The van der Waals surface area contributed by atoms with Crippen molar-refractivity contribution in [1.29, 1.82) is 0 Å². The summed E-state index contributed by atoms with van der Waals surface area (Å²) >= 11 is 0. The Bertz CT molecular complexity index is 1280. The van der Waals surface area contributed by atoms with Gasteiger partial charge in [-0.3, -0.25) is 18.9 Å². The molecule has 4 rings (SSSR count). The molecule has 10 nitrogen and oxygen atoms in total. The fourth-order valence-corrected chi connectivity index (χ4v) is 3.30. The highest BCUT2D eigenvalue weighted by Gasteiger charge is 2.11. The molecule has 0 bridgehead atoms. The monoisotopic (exact) mass is 447 g/mol. The van der Waals surface area contributed by atoms with Crippen molar-refractivity contribution >= 4 is 18.1 Å². The molecule has 1 amide bonds. The number of nitrogens with zero attached hydrogens (tertiary/aromatic N) is 7. The number of carbonyl (C=O) groups is 1. The van der Waals surface area contributed by atoms with E-state index >= 15 is 0 Å². The lowest BCUT2D eigenvalue weighted by Gasteiger charge is -2.12. The van der Waals surface area contributed by atoms with Gasteiger partial charge in [-0.05, 0) is 36.8 Å². The van der Waals surface area contributed by atoms with Crippen LogP contribution in [0, 0.1) is 6.92 Å². The Morgan fingerprint density at radius 2 is 2.00 bits per heavy atom. The van der Waals surface area contributed by atoms with E-state index in [0.717, 1.165) is 28.8 Å². The van der Waals surface area contributed by atoms with Gasteiger partial charge < -0.3 is 14.4 Å². The first kappa shape index (κ1) is 22.2. The summed E-state index contributed by atoms with van der Waals surface area (Å²) in [6.45, 7) is 3.17. The SMILES string of the molecule is COCCOc1cnc(/C=C\N(C=O)Cc2nnc3ccc(-c4cnn(C)c4)cn23)c(C)c1. The maximum atomic E-state index is 11.7. The number of aryl methyl sites for hydroxylation is 2. The Balaban J connectivity index is 1.50. The molecule has 0 saturated heterocycles. The van der Waals surface area contributed by atoms with Gasteiger partial charge in [0.2, 0.25) is 6.41 Å². The minimum absolute atomic E-state index is 0.259. The van der Waals surface area contributed by atoms with Crippen molar-refractivity contribution in [2.45, 2.75) is 13.5 Å². The molecular weight excluding hydrogens is 422 g/mol. The molecule has 170 valence electrons. The molecule has 0 aromatic carbocycles. The number of pyridine rings is 2. The Morgan fingerprint density at radius 3 is 2.73 bits per heavy atom. The Hall–Kier alpha value is -4.05. The van der Waals surface area contributed by atoms with E-state index < -0.39 is 0 Å². The summed E-state index contributed by atoms with van der Waals surface area (Å²) < 4.78 is 14.2. The van der Waals surface area contributed by atoms with Gasteiger partial charge >= 0.3 is 0 Å². The van der Waals surface area contributed by atoms with Gasteiger partial charge in [-0.25, -0.2) is 0 Å². The van der Waals surface area contributed by atoms with Crippen LogP contribution in [0.3, 0.4) is 0 Å². The average Bonchev–Trinajstić information content (AvgIpc) is 3.43. The first-order valence-electron chi connectivity index (χ1n) is 10.4. The highest BCUT2D eigenvalue weighted by Crippen LogP contribution is 2.20. The van der Waals surface area contributed by atoms with E-state index in [1.165, 1.54) is 4.90 Å². The minimum Gasteiger partial charge on any atom is -0.490 e. The van der Waals surface area contributed by atoms with Crippen LogP contribution in [0.5, 0.6) is 5.75 Å². The summed E-state index contributed by atoms with van der Waals surface area (Å²) in [6, 6.07) is 5.77. The Labute approximate surface area is 191 Å². The van der Waals surface area contributed by atoms with Crippen LogP contribution in [-0.4, -0.2) is 61.0 Å². The molecule has 0 unspecified atom stereocenters. The van der Waals surface area contributed by atoms with Crippen LogP contribution in [-0.2, 0) is 23.1 Å². The quantitative estimate of drug-likeness (QED) is 0.272. The third kappa shape index (κ3) is 5.24. The minimum atomic E-state index is 0.259. The first-order chi connectivity index (χ1) is 16.1. The highest BCUT2D eigenvalue weighted by atomic mass is 16.5. The summed E-state index contributed by atoms with van der Waals surface area (Å²) in [4.78, 5) is 17.6. The van der Waals surface area contributed by atoms with E-state index in [2.05, 4.69) is 20.3 Å². The second kappa shape index (κ2) is 10.0. The Kier molecular flexibility index (Phi) is 6.75. The number of ether oxygens (including phenoxy) is 2. The van der Waals surface area contributed by atoms with Crippen molar-refractivity contribution in [2.24, 2.45) is 7.05 Å². The maximum absolute atomic E-state index is 11.7. The predicted molar refractivity (Wildman–Crippen MR) is 122 cm³/mol. The van der Waals surface area contributed by atoms with E-state index in [0.29, 0.717) is 30.4 Å². The molecule has 0 radical (unpaired) electrons. The van der Waals surface area contributed by atoms with Crippen molar-refractivity contribution in [3.05, 3.63) is 66.3 Å². The van der Waals surface area contributed by atoms with Crippen molar-refractivity contribution in [3.8, 4) is 16.9 Å². The summed E-state index contributed by atoms with van der Waals surface area (Å²) in [7, 11) is 3.50. The third-order valence-electron chi connectivity index (χ3n) is 5.04. The first-order valence-corrected chi connectivity index (χ1v) is 10.4. The molecular formula is C23H25N7O3. The smallest absolute Gasteiger partial charge is 0.214 e. The second-order valence-corrected chi connectivity index (χ2v) is 7.47. The highest BCUT2D eigenvalue weighted by molar-refractivity contribution is 5.63. The third-order valence-corrected chi connectivity index (χ3v) is 5.04. The van der Waals surface area contributed by atoms with Crippen LogP contribution in [0.25, 0.3) is 22.9 Å². The Morgan fingerprint density at radius 1 is 1.12 bits per heavy atom. The standard InChI is InChI=1S/C23H25N7O3/c1-17-10-20(33-9-8-32-3)12-24-21(17)6-7-29(16-31)15-23-27-26-22-5-4-18(14-30(22)23)19-11-25-28(2)13-19/h4-7,10-14,16H,8-9,15H2,1-3H3/b7-6-. The van der Waals surface area contributed by atoms with Crippen molar-refractivity contribution in [3.63, 3.8) is 0 Å². The van der Waals surface area contributed by atoms with Crippen LogP contribution in [0.1, 0.15) is 17.1 Å². The van der Waals surface area contributed by atoms with Crippen LogP contribution < -0.4 is 4.74 Å². The summed E-state index contributed by atoms with van der Waals surface area (Å²) in [5.41, 5.74) is 4.35. The number of carbonyl (C=O) groups excluding carboxylic acids is 1. The van der Waals surface area contributed by atoms with Gasteiger partial charge in [-0.1, -0.05) is 0 Å². The number of amides is 1. The maximum Gasteiger partial charge on any atom is 0.214 e. The van der Waals surface area contributed by atoms with Crippen molar-refractivity contribution in [1.82, 2.24) is 34.3 Å². The molecule has 0 aliphatic carbocycles. The molecule has 33 heavy (non-hydrogen) atoms. The second-order valence-electron chi connectivity index (χ2n) is 7.47. The van der Waals surface area contributed by atoms with Gasteiger partial charge in [0.25, 0.3) is 0 Å². The van der Waals surface area contributed by atoms with Gasteiger partial charge in [0.05, 0.1) is 31.2 Å². The van der Waals surface area contributed by atoms with E-state index in [-0.39, 0.29) is 6.54 Å². The molecule has 0 spiro atoms. The molecule has 4 aromatic rings. The van der Waals surface area contributed by atoms with Gasteiger partial charge in [-0.2, -0.15) is 5.10 Å². The lowest BCUT2D eigenvalue weighted by atomic mass is 10.2. The van der Waals surface area contributed by atoms with Gasteiger partial charge in [-0.15, -0.1) is 10.2 Å². The van der Waals surface area contributed by atoms with Gasteiger partial charge in [0, 0.05) is 43.9 Å². The predicted octanol–water partition coefficient (Wildman–Crippen LogP) is 2.49. The number of rotatable bonds is 10. The summed E-state index contributed by atoms with van der Waals surface area (Å²) in [6.07, 6.45) is 11.6. The molecule has 4 heterocycles. The fourth-order valence-electron chi connectivity index (χ4n) is 3.30. The van der Waals surface area contributed by atoms with E-state index in [4.69, 9.17) is 9.47 Å². The largest absolute Gasteiger partial charge is 0.490 e. The topological polar surface area (TPSA) is 99.7 Å². The fraction of sp³-hybridized carbons (Fsp3) is 0.261. The number of methoxy groups -OCH3 is 1. The number of fused-ring (bicyclic) bond motifs is 1. The average molecular weight is 447 g/mol. The van der Waals surface area contributed by atoms with E-state index in [9.17, 15) is 4.79 Å². The van der Waals surface area contributed by atoms with Crippen LogP contribution in [0.4, 0.5) is 0 Å². The van der Waals surface area contributed by atoms with Crippen LogP contribution in [0.2, 0.25) is 0 Å². The molecule has 4 aromatic heterocycles. The van der Waals surface area contributed by atoms with Gasteiger partial charge in [0.1, 0.15) is 12.4 Å². The molecule has 0 fully saturated rings. The van der Waals surface area contributed by atoms with E-state index in [1.54, 1.807) is 36.5 Å². The van der Waals surface area contributed by atoms with Crippen molar-refractivity contribution < 1.29 is 14.3 Å². The number of aromatic nitrogens is 6. The van der Waals surface area contributed by atoms with Gasteiger partial charge in [0.15, 0.2) is 11.5 Å².